The van der Waals surface area contributed by atoms with E-state index in [1.807, 2.05) is 16.8 Å². The fourth-order valence-electron chi connectivity index (χ4n) is 3.66. The second-order valence-corrected chi connectivity index (χ2v) is 6.09. The molecule has 0 saturated carbocycles. The van der Waals surface area contributed by atoms with Gasteiger partial charge in [-0.05, 0) is 38.3 Å². The van der Waals surface area contributed by atoms with E-state index in [4.69, 9.17) is 0 Å². The molecule has 4 heteroatoms. The second-order valence-electron chi connectivity index (χ2n) is 6.09. The molecule has 0 aliphatic carbocycles. The molecule has 110 valence electrons. The molecule has 1 aromatic rings. The van der Waals surface area contributed by atoms with Crippen LogP contribution in [-0.4, -0.2) is 34.6 Å². The Hall–Kier alpha value is -1.29. The Kier molecular flexibility index (Phi) is 4.10. The molecule has 2 atom stereocenters. The van der Waals surface area contributed by atoms with Gasteiger partial charge in [0.2, 0.25) is 0 Å². The van der Waals surface area contributed by atoms with Gasteiger partial charge in [-0.15, -0.1) is 0 Å². The Morgan fingerprint density at radius 1 is 1.25 bits per heavy atom. The number of nitrogens with zero attached hydrogens (tertiary/aromatic N) is 2. The van der Waals surface area contributed by atoms with Gasteiger partial charge in [0.1, 0.15) is 0 Å². The first-order valence-corrected chi connectivity index (χ1v) is 7.99. The van der Waals surface area contributed by atoms with Crippen molar-refractivity contribution < 1.29 is 0 Å². The van der Waals surface area contributed by atoms with Gasteiger partial charge in [0.25, 0.3) is 5.56 Å². The molecule has 2 aliphatic rings. The molecule has 1 N–H and O–H groups in total. The van der Waals surface area contributed by atoms with E-state index in [2.05, 4.69) is 17.1 Å². The van der Waals surface area contributed by atoms with Gasteiger partial charge in [0, 0.05) is 37.4 Å². The standard InChI is InChI=1S/C16H25N3O/c1-2-9-19-12-13(6-7-16(19)20)17-14-8-11-18-10-4-3-5-15(14)18/h6-7,12,14-15,17H,2-5,8-11H2,1H3. The molecule has 3 rings (SSSR count). The number of fused-ring (bicyclic) bond motifs is 1. The summed E-state index contributed by atoms with van der Waals surface area (Å²) in [6, 6.07) is 4.85. The third kappa shape index (κ3) is 2.75. The van der Waals surface area contributed by atoms with Crippen LogP contribution in [-0.2, 0) is 6.54 Å². The number of pyridine rings is 1. The van der Waals surface area contributed by atoms with Crippen LogP contribution in [0.15, 0.2) is 23.1 Å². The van der Waals surface area contributed by atoms with Crippen LogP contribution in [0.4, 0.5) is 5.69 Å². The number of rotatable bonds is 4. The first kappa shape index (κ1) is 13.7. The highest BCUT2D eigenvalue weighted by Gasteiger charge is 2.35. The Bertz CT molecular complexity index is 511. The van der Waals surface area contributed by atoms with Gasteiger partial charge in [-0.2, -0.15) is 0 Å². The van der Waals surface area contributed by atoms with E-state index in [0.717, 1.165) is 18.7 Å². The van der Waals surface area contributed by atoms with Crippen molar-refractivity contribution in [2.45, 2.75) is 57.7 Å². The van der Waals surface area contributed by atoms with Crippen molar-refractivity contribution in [3.8, 4) is 0 Å². The van der Waals surface area contributed by atoms with E-state index in [0.29, 0.717) is 12.1 Å². The lowest BCUT2D eigenvalue weighted by molar-refractivity contribution is 0.192. The molecule has 0 amide bonds. The highest BCUT2D eigenvalue weighted by Crippen LogP contribution is 2.29. The van der Waals surface area contributed by atoms with Crippen molar-refractivity contribution in [2.24, 2.45) is 0 Å². The molecule has 4 nitrogen and oxygen atoms in total. The van der Waals surface area contributed by atoms with Crippen LogP contribution < -0.4 is 10.9 Å². The van der Waals surface area contributed by atoms with E-state index in [-0.39, 0.29) is 5.56 Å². The fraction of sp³-hybridized carbons (Fsp3) is 0.688. The smallest absolute Gasteiger partial charge is 0.250 e. The molecule has 2 unspecified atom stereocenters. The van der Waals surface area contributed by atoms with Crippen LogP contribution in [0.2, 0.25) is 0 Å². The summed E-state index contributed by atoms with van der Waals surface area (Å²) in [5.74, 6) is 0. The molecule has 20 heavy (non-hydrogen) atoms. The summed E-state index contributed by atoms with van der Waals surface area (Å²) < 4.78 is 1.82. The molecule has 0 spiro atoms. The first-order chi connectivity index (χ1) is 9.78. The molecule has 1 aromatic heterocycles. The van der Waals surface area contributed by atoms with E-state index < -0.39 is 0 Å². The van der Waals surface area contributed by atoms with Crippen molar-refractivity contribution in [1.29, 1.82) is 0 Å². The topological polar surface area (TPSA) is 37.3 Å². The summed E-state index contributed by atoms with van der Waals surface area (Å²) in [4.78, 5) is 14.4. The first-order valence-electron chi connectivity index (χ1n) is 7.99. The zero-order valence-electron chi connectivity index (χ0n) is 12.3. The normalized spacial score (nSPS) is 26.4. The number of nitrogens with one attached hydrogen (secondary N) is 1. The molecular weight excluding hydrogens is 250 g/mol. The Balaban J connectivity index is 1.71. The maximum atomic E-state index is 11.8. The highest BCUT2D eigenvalue weighted by molar-refractivity contribution is 5.42. The lowest BCUT2D eigenvalue weighted by Gasteiger charge is -2.33. The fourth-order valence-corrected chi connectivity index (χ4v) is 3.66. The van der Waals surface area contributed by atoms with Gasteiger partial charge in [-0.3, -0.25) is 9.69 Å². The van der Waals surface area contributed by atoms with Gasteiger partial charge in [0.05, 0.1) is 5.69 Å². The highest BCUT2D eigenvalue weighted by atomic mass is 16.1. The summed E-state index contributed by atoms with van der Waals surface area (Å²) in [5, 5.41) is 3.66. The summed E-state index contributed by atoms with van der Waals surface area (Å²) in [7, 11) is 0. The predicted molar refractivity (Wildman–Crippen MR) is 82.2 cm³/mol. The molecule has 0 bridgehead atoms. The molecule has 0 radical (unpaired) electrons. The quantitative estimate of drug-likeness (QED) is 0.916. The number of hydrogen-bond donors (Lipinski definition) is 1. The van der Waals surface area contributed by atoms with Gasteiger partial charge in [0.15, 0.2) is 0 Å². The largest absolute Gasteiger partial charge is 0.379 e. The van der Waals surface area contributed by atoms with E-state index in [1.165, 1.54) is 38.8 Å². The minimum absolute atomic E-state index is 0.100. The van der Waals surface area contributed by atoms with Gasteiger partial charge in [-0.25, -0.2) is 0 Å². The summed E-state index contributed by atoms with van der Waals surface area (Å²) in [6.07, 6.45) is 8.21. The van der Waals surface area contributed by atoms with Crippen LogP contribution in [0.1, 0.15) is 39.0 Å². The van der Waals surface area contributed by atoms with Crippen molar-refractivity contribution in [3.05, 3.63) is 28.7 Å². The zero-order valence-corrected chi connectivity index (χ0v) is 12.3. The van der Waals surface area contributed by atoms with Crippen LogP contribution in [0, 0.1) is 0 Å². The van der Waals surface area contributed by atoms with Crippen molar-refractivity contribution in [1.82, 2.24) is 9.47 Å². The number of aromatic nitrogens is 1. The molecule has 2 saturated heterocycles. The number of piperidine rings is 1. The maximum absolute atomic E-state index is 11.8. The van der Waals surface area contributed by atoms with E-state index in [1.54, 1.807) is 6.07 Å². The van der Waals surface area contributed by atoms with Gasteiger partial charge in [-0.1, -0.05) is 13.3 Å². The van der Waals surface area contributed by atoms with Crippen molar-refractivity contribution in [2.75, 3.05) is 18.4 Å². The second kappa shape index (κ2) is 6.00. The van der Waals surface area contributed by atoms with Gasteiger partial charge < -0.3 is 9.88 Å². The molecule has 2 aliphatic heterocycles. The van der Waals surface area contributed by atoms with Gasteiger partial charge >= 0.3 is 0 Å². The number of aryl methyl sites for hydroxylation is 1. The molecule has 3 heterocycles. The number of anilines is 1. The van der Waals surface area contributed by atoms with Crippen LogP contribution in [0.5, 0.6) is 0 Å². The zero-order chi connectivity index (χ0) is 13.9. The minimum atomic E-state index is 0.100. The molecule has 2 fully saturated rings. The third-order valence-electron chi connectivity index (χ3n) is 4.66. The summed E-state index contributed by atoms with van der Waals surface area (Å²) in [5.41, 5.74) is 1.19. The summed E-state index contributed by atoms with van der Waals surface area (Å²) in [6.45, 7) is 5.38. The SMILES string of the molecule is CCCn1cc(NC2CCN3CCCCC23)ccc1=O. The minimum Gasteiger partial charge on any atom is -0.379 e. The van der Waals surface area contributed by atoms with E-state index >= 15 is 0 Å². The monoisotopic (exact) mass is 275 g/mol. The van der Waals surface area contributed by atoms with Crippen molar-refractivity contribution >= 4 is 5.69 Å². The number of hydrogen-bond acceptors (Lipinski definition) is 3. The average Bonchev–Trinajstić information content (AvgIpc) is 2.86. The predicted octanol–water partition coefficient (Wildman–Crippen LogP) is 2.30. The van der Waals surface area contributed by atoms with Crippen molar-refractivity contribution in [3.63, 3.8) is 0 Å². The maximum Gasteiger partial charge on any atom is 0.250 e. The molecule has 0 aromatic carbocycles. The third-order valence-corrected chi connectivity index (χ3v) is 4.66. The molecular formula is C16H25N3O. The van der Waals surface area contributed by atoms with E-state index in [9.17, 15) is 4.79 Å². The van der Waals surface area contributed by atoms with Crippen LogP contribution in [0.25, 0.3) is 0 Å². The Labute approximate surface area is 120 Å². The Morgan fingerprint density at radius 2 is 2.15 bits per heavy atom. The lowest BCUT2D eigenvalue weighted by Crippen LogP contribution is -2.41. The van der Waals surface area contributed by atoms with Crippen LogP contribution >= 0.6 is 0 Å². The Morgan fingerprint density at radius 3 is 3.00 bits per heavy atom. The summed E-state index contributed by atoms with van der Waals surface area (Å²) >= 11 is 0. The van der Waals surface area contributed by atoms with Crippen LogP contribution in [0.3, 0.4) is 0 Å². The average molecular weight is 275 g/mol. The lowest BCUT2D eigenvalue weighted by atomic mass is 9.99.